The Morgan fingerprint density at radius 3 is 3.00 bits per heavy atom. The van der Waals surface area contributed by atoms with Crippen molar-refractivity contribution in [1.82, 2.24) is 4.90 Å². The second-order valence-electron chi connectivity index (χ2n) is 4.52. The lowest BCUT2D eigenvalue weighted by atomic mass is 9.92. The first-order valence-electron chi connectivity index (χ1n) is 6.03. The topological polar surface area (TPSA) is 32.7 Å². The van der Waals surface area contributed by atoms with Crippen molar-refractivity contribution >= 4 is 0 Å². The highest BCUT2D eigenvalue weighted by Crippen LogP contribution is 2.32. The summed E-state index contributed by atoms with van der Waals surface area (Å²) in [5, 5.41) is 10.5. The fraction of sp³-hybridized carbons (Fsp3) is 0.833. The molecule has 0 saturated carbocycles. The van der Waals surface area contributed by atoms with E-state index in [2.05, 4.69) is 17.9 Å². The van der Waals surface area contributed by atoms with Crippen molar-refractivity contribution in [2.75, 3.05) is 26.2 Å². The summed E-state index contributed by atoms with van der Waals surface area (Å²) in [4.78, 5) is 2.40. The summed E-state index contributed by atoms with van der Waals surface area (Å²) < 4.78 is 5.51. The monoisotopic (exact) mass is 211 g/mol. The van der Waals surface area contributed by atoms with Crippen LogP contribution in [-0.2, 0) is 4.74 Å². The molecule has 3 heteroatoms. The summed E-state index contributed by atoms with van der Waals surface area (Å²) in [5.74, 6) is 0.834. The van der Waals surface area contributed by atoms with E-state index in [-0.39, 0.29) is 0 Å². The van der Waals surface area contributed by atoms with Gasteiger partial charge in [-0.05, 0) is 38.4 Å². The highest BCUT2D eigenvalue weighted by Gasteiger charge is 2.36. The van der Waals surface area contributed by atoms with Crippen LogP contribution in [0.1, 0.15) is 32.6 Å². The zero-order valence-electron chi connectivity index (χ0n) is 9.54. The van der Waals surface area contributed by atoms with Crippen molar-refractivity contribution in [3.05, 3.63) is 11.8 Å². The van der Waals surface area contributed by atoms with Gasteiger partial charge in [0.2, 0.25) is 0 Å². The van der Waals surface area contributed by atoms with Crippen molar-refractivity contribution in [1.29, 1.82) is 0 Å². The first-order valence-corrected chi connectivity index (χ1v) is 6.03. The maximum atomic E-state index is 10.5. The Morgan fingerprint density at radius 2 is 2.33 bits per heavy atom. The van der Waals surface area contributed by atoms with Crippen LogP contribution in [0.25, 0.3) is 0 Å². The molecule has 0 aromatic heterocycles. The molecule has 2 rings (SSSR count). The number of likely N-dealkylation sites (tertiary alicyclic amines) is 1. The van der Waals surface area contributed by atoms with Gasteiger partial charge < -0.3 is 14.7 Å². The molecule has 2 aliphatic rings. The van der Waals surface area contributed by atoms with E-state index in [0.717, 1.165) is 57.7 Å². The number of nitrogens with zero attached hydrogens (tertiary/aromatic N) is 1. The number of hydrogen-bond donors (Lipinski definition) is 1. The van der Waals surface area contributed by atoms with Crippen molar-refractivity contribution in [3.63, 3.8) is 0 Å². The molecule has 0 aromatic carbocycles. The van der Waals surface area contributed by atoms with E-state index in [1.165, 1.54) is 0 Å². The Labute approximate surface area is 91.7 Å². The zero-order valence-corrected chi connectivity index (χ0v) is 9.54. The third-order valence-electron chi connectivity index (χ3n) is 3.52. The minimum Gasteiger partial charge on any atom is -0.495 e. The summed E-state index contributed by atoms with van der Waals surface area (Å²) in [7, 11) is 0. The predicted octanol–water partition coefficient (Wildman–Crippen LogP) is 1.53. The van der Waals surface area contributed by atoms with Crippen molar-refractivity contribution in [3.8, 4) is 0 Å². The van der Waals surface area contributed by atoms with Crippen LogP contribution in [-0.4, -0.2) is 41.8 Å². The van der Waals surface area contributed by atoms with Gasteiger partial charge in [-0.3, -0.25) is 0 Å². The number of ether oxygens (including phenoxy) is 1. The summed E-state index contributed by atoms with van der Waals surface area (Å²) in [6.45, 7) is 6.08. The molecule has 0 aromatic rings. The van der Waals surface area contributed by atoms with Crippen molar-refractivity contribution in [2.24, 2.45) is 0 Å². The smallest absolute Gasteiger partial charge is 0.124 e. The van der Waals surface area contributed by atoms with Gasteiger partial charge in [0.25, 0.3) is 0 Å². The van der Waals surface area contributed by atoms with Crippen LogP contribution in [0.5, 0.6) is 0 Å². The molecule has 0 aliphatic carbocycles. The molecule has 0 bridgehead atoms. The minimum absolute atomic E-state index is 0.680. The van der Waals surface area contributed by atoms with Crippen LogP contribution >= 0.6 is 0 Å². The van der Waals surface area contributed by atoms with Crippen molar-refractivity contribution < 1.29 is 9.84 Å². The quantitative estimate of drug-likeness (QED) is 0.752. The molecular formula is C12H21NO2. The molecular weight excluding hydrogens is 190 g/mol. The largest absolute Gasteiger partial charge is 0.495 e. The van der Waals surface area contributed by atoms with Crippen molar-refractivity contribution in [2.45, 2.75) is 38.2 Å². The maximum Gasteiger partial charge on any atom is 0.124 e. The summed E-state index contributed by atoms with van der Waals surface area (Å²) in [6.07, 6.45) is 5.73. The molecule has 15 heavy (non-hydrogen) atoms. The number of aliphatic hydroxyl groups is 1. The Kier molecular flexibility index (Phi) is 3.32. The van der Waals surface area contributed by atoms with Gasteiger partial charge in [0.1, 0.15) is 11.4 Å². The lowest BCUT2D eigenvalue weighted by Crippen LogP contribution is -2.33. The van der Waals surface area contributed by atoms with E-state index in [1.807, 2.05) is 0 Å². The second-order valence-corrected chi connectivity index (χ2v) is 4.52. The van der Waals surface area contributed by atoms with Gasteiger partial charge in [-0.25, -0.2) is 0 Å². The fourth-order valence-electron chi connectivity index (χ4n) is 2.48. The number of rotatable bonds is 2. The zero-order chi connectivity index (χ0) is 10.7. The van der Waals surface area contributed by atoms with Crippen LogP contribution in [0.2, 0.25) is 0 Å². The van der Waals surface area contributed by atoms with Gasteiger partial charge in [0.15, 0.2) is 0 Å². The molecule has 3 nitrogen and oxygen atoms in total. The van der Waals surface area contributed by atoms with E-state index < -0.39 is 5.60 Å². The molecule has 1 fully saturated rings. The van der Waals surface area contributed by atoms with Crippen LogP contribution in [0, 0.1) is 0 Å². The standard InChI is InChI=1S/C12H21NO2/c1-2-13-8-4-6-12(14,7-9-13)11-5-3-10-15-11/h5,14H,2-4,6-10H2,1H3. The van der Waals surface area contributed by atoms with Gasteiger partial charge in [-0.2, -0.15) is 0 Å². The Morgan fingerprint density at radius 1 is 1.47 bits per heavy atom. The Balaban J connectivity index is 2.02. The molecule has 0 spiro atoms. The minimum atomic E-state index is -0.680. The highest BCUT2D eigenvalue weighted by atomic mass is 16.5. The molecule has 1 unspecified atom stereocenters. The summed E-state index contributed by atoms with van der Waals surface area (Å²) in [5.41, 5.74) is -0.680. The van der Waals surface area contributed by atoms with E-state index >= 15 is 0 Å². The molecule has 1 saturated heterocycles. The van der Waals surface area contributed by atoms with Gasteiger partial charge in [0, 0.05) is 13.0 Å². The van der Waals surface area contributed by atoms with Gasteiger partial charge >= 0.3 is 0 Å². The third-order valence-corrected chi connectivity index (χ3v) is 3.52. The SMILES string of the molecule is CCN1CCCC(O)(C2=CCCO2)CC1. The summed E-state index contributed by atoms with van der Waals surface area (Å²) >= 11 is 0. The average molecular weight is 211 g/mol. The molecule has 1 atom stereocenters. The van der Waals surface area contributed by atoms with Crippen LogP contribution < -0.4 is 0 Å². The van der Waals surface area contributed by atoms with E-state index in [1.54, 1.807) is 0 Å². The molecule has 0 amide bonds. The lowest BCUT2D eigenvalue weighted by molar-refractivity contribution is 0.00759. The number of hydrogen-bond acceptors (Lipinski definition) is 3. The summed E-state index contributed by atoms with van der Waals surface area (Å²) in [6, 6.07) is 0. The molecule has 86 valence electrons. The van der Waals surface area contributed by atoms with Crippen LogP contribution in [0.15, 0.2) is 11.8 Å². The molecule has 0 radical (unpaired) electrons. The van der Waals surface area contributed by atoms with E-state index in [0.29, 0.717) is 0 Å². The van der Waals surface area contributed by atoms with E-state index in [9.17, 15) is 5.11 Å². The normalized spacial score (nSPS) is 33.3. The highest BCUT2D eigenvalue weighted by molar-refractivity contribution is 5.13. The Bertz CT molecular complexity index is 252. The van der Waals surface area contributed by atoms with E-state index in [4.69, 9.17) is 4.74 Å². The molecule has 2 aliphatic heterocycles. The van der Waals surface area contributed by atoms with Gasteiger partial charge in [0.05, 0.1) is 6.61 Å². The Hall–Kier alpha value is -0.540. The maximum absolute atomic E-state index is 10.5. The molecule has 2 heterocycles. The molecule has 1 N–H and O–H groups in total. The van der Waals surface area contributed by atoms with Gasteiger partial charge in [-0.15, -0.1) is 0 Å². The first kappa shape index (κ1) is 11.0. The lowest BCUT2D eigenvalue weighted by Gasteiger charge is -2.27. The van der Waals surface area contributed by atoms with Crippen LogP contribution in [0.3, 0.4) is 0 Å². The van der Waals surface area contributed by atoms with Crippen LogP contribution in [0.4, 0.5) is 0 Å². The second kappa shape index (κ2) is 4.54. The third kappa shape index (κ3) is 2.34. The fourth-order valence-corrected chi connectivity index (χ4v) is 2.48. The predicted molar refractivity (Wildman–Crippen MR) is 59.6 cm³/mol. The van der Waals surface area contributed by atoms with Gasteiger partial charge in [-0.1, -0.05) is 6.92 Å². The average Bonchev–Trinajstić information content (AvgIpc) is 2.71. The first-order chi connectivity index (χ1) is 7.24.